The van der Waals surface area contributed by atoms with E-state index in [1.54, 1.807) is 0 Å². The molecule has 0 aliphatic rings. The molecule has 0 aliphatic heterocycles. The van der Waals surface area contributed by atoms with E-state index in [-0.39, 0.29) is 5.91 Å². The van der Waals surface area contributed by atoms with Crippen LogP contribution in [0.1, 0.15) is 23.7 Å². The van der Waals surface area contributed by atoms with Crippen LogP contribution in [0.4, 0.5) is 0 Å². The van der Waals surface area contributed by atoms with E-state index < -0.39 is 0 Å². The Balaban J connectivity index is 2.44. The molecule has 94 valence electrons. The van der Waals surface area contributed by atoms with Crippen LogP contribution in [0, 0.1) is 3.57 Å². The summed E-state index contributed by atoms with van der Waals surface area (Å²) in [6, 6.07) is 5.70. The first-order valence-corrected chi connectivity index (χ1v) is 7.46. The van der Waals surface area contributed by atoms with Crippen molar-refractivity contribution < 1.29 is 4.79 Å². The summed E-state index contributed by atoms with van der Waals surface area (Å²) in [6.45, 7) is 4.57. The number of carbonyl (C=O) groups excluding carboxylic acids is 1. The molecule has 0 radical (unpaired) electrons. The Morgan fingerprint density at radius 2 is 2.12 bits per heavy atom. The van der Waals surface area contributed by atoms with Gasteiger partial charge in [-0.3, -0.25) is 4.79 Å². The Labute approximate surface area is 124 Å². The Morgan fingerprint density at radius 1 is 1.35 bits per heavy atom. The summed E-state index contributed by atoms with van der Waals surface area (Å²) in [5, 5.41) is 6.14. The highest BCUT2D eigenvalue weighted by atomic mass is 127. The second-order valence-corrected chi connectivity index (χ2v) is 5.71. The minimum Gasteiger partial charge on any atom is -0.351 e. The largest absolute Gasteiger partial charge is 0.351 e. The van der Waals surface area contributed by atoms with Gasteiger partial charge in [-0.15, -0.1) is 0 Å². The first-order chi connectivity index (χ1) is 8.15. The molecule has 1 aromatic carbocycles. The summed E-state index contributed by atoms with van der Waals surface area (Å²) < 4.78 is 1.89. The fraction of sp³-hybridized carbons (Fsp3) is 0.417. The van der Waals surface area contributed by atoms with Crippen LogP contribution in [-0.2, 0) is 0 Å². The standard InChI is InChI=1S/C12H16BrIN2O/c1-2-5-15-6-7-16-12(17)10-8-9(13)3-4-11(10)14/h3-4,8,15H,2,5-7H2,1H3,(H,16,17). The van der Waals surface area contributed by atoms with E-state index in [0.717, 1.165) is 33.1 Å². The third-order valence-electron chi connectivity index (χ3n) is 2.19. The van der Waals surface area contributed by atoms with Gasteiger partial charge in [-0.05, 0) is 53.8 Å². The van der Waals surface area contributed by atoms with Gasteiger partial charge < -0.3 is 10.6 Å². The Hall–Kier alpha value is -0.140. The molecule has 0 fully saturated rings. The molecule has 1 amide bonds. The molecule has 0 bridgehead atoms. The molecule has 5 heteroatoms. The van der Waals surface area contributed by atoms with E-state index >= 15 is 0 Å². The first kappa shape index (κ1) is 14.9. The van der Waals surface area contributed by atoms with E-state index in [1.165, 1.54) is 0 Å². The summed E-state index contributed by atoms with van der Waals surface area (Å²) in [7, 11) is 0. The highest BCUT2D eigenvalue weighted by Gasteiger charge is 2.09. The number of benzene rings is 1. The van der Waals surface area contributed by atoms with Crippen LogP contribution < -0.4 is 10.6 Å². The fourth-order valence-electron chi connectivity index (χ4n) is 1.33. The van der Waals surface area contributed by atoms with Gasteiger partial charge in [-0.2, -0.15) is 0 Å². The van der Waals surface area contributed by atoms with Gasteiger partial charge in [0.05, 0.1) is 5.56 Å². The van der Waals surface area contributed by atoms with Crippen molar-refractivity contribution in [2.24, 2.45) is 0 Å². The number of hydrogen-bond acceptors (Lipinski definition) is 2. The summed E-state index contributed by atoms with van der Waals surface area (Å²) in [6.07, 6.45) is 1.11. The maximum Gasteiger partial charge on any atom is 0.252 e. The minimum atomic E-state index is -0.0194. The van der Waals surface area contributed by atoms with Gasteiger partial charge in [-0.1, -0.05) is 22.9 Å². The highest BCUT2D eigenvalue weighted by Crippen LogP contribution is 2.18. The predicted molar refractivity (Wildman–Crippen MR) is 82.4 cm³/mol. The van der Waals surface area contributed by atoms with Crippen molar-refractivity contribution in [3.8, 4) is 0 Å². The normalized spacial score (nSPS) is 10.3. The lowest BCUT2D eigenvalue weighted by atomic mass is 10.2. The average Bonchev–Trinajstić information content (AvgIpc) is 2.32. The minimum absolute atomic E-state index is 0.0194. The zero-order valence-electron chi connectivity index (χ0n) is 9.72. The van der Waals surface area contributed by atoms with Gasteiger partial charge in [0.15, 0.2) is 0 Å². The Bertz CT molecular complexity index is 385. The van der Waals surface area contributed by atoms with Crippen molar-refractivity contribution in [1.82, 2.24) is 10.6 Å². The van der Waals surface area contributed by atoms with Crippen molar-refractivity contribution >= 4 is 44.4 Å². The maximum absolute atomic E-state index is 11.9. The number of amides is 1. The van der Waals surface area contributed by atoms with Crippen LogP contribution in [0.15, 0.2) is 22.7 Å². The van der Waals surface area contributed by atoms with Gasteiger partial charge >= 0.3 is 0 Å². The molecule has 2 N–H and O–H groups in total. The van der Waals surface area contributed by atoms with Gasteiger partial charge in [0.1, 0.15) is 0 Å². The second kappa shape index (κ2) is 8.05. The monoisotopic (exact) mass is 410 g/mol. The van der Waals surface area contributed by atoms with E-state index in [4.69, 9.17) is 0 Å². The number of halogens is 2. The van der Waals surface area contributed by atoms with E-state index in [1.807, 2.05) is 18.2 Å². The van der Waals surface area contributed by atoms with E-state index in [0.29, 0.717) is 6.54 Å². The van der Waals surface area contributed by atoms with Crippen molar-refractivity contribution in [1.29, 1.82) is 0 Å². The molecule has 0 heterocycles. The zero-order chi connectivity index (χ0) is 12.7. The van der Waals surface area contributed by atoms with Crippen LogP contribution in [-0.4, -0.2) is 25.5 Å². The molecule has 1 aromatic rings. The van der Waals surface area contributed by atoms with Crippen LogP contribution in [0.2, 0.25) is 0 Å². The predicted octanol–water partition coefficient (Wildman–Crippen LogP) is 2.78. The number of nitrogens with one attached hydrogen (secondary N) is 2. The molecule has 0 spiro atoms. The third kappa shape index (κ3) is 5.35. The number of rotatable bonds is 6. The van der Waals surface area contributed by atoms with Crippen LogP contribution >= 0.6 is 38.5 Å². The van der Waals surface area contributed by atoms with Gasteiger partial charge in [0.2, 0.25) is 0 Å². The summed E-state index contributed by atoms with van der Waals surface area (Å²) in [5.41, 5.74) is 0.718. The summed E-state index contributed by atoms with van der Waals surface area (Å²) in [4.78, 5) is 11.9. The Kier molecular flexibility index (Phi) is 7.06. The highest BCUT2D eigenvalue weighted by molar-refractivity contribution is 14.1. The molecule has 1 rings (SSSR count). The quantitative estimate of drug-likeness (QED) is 0.559. The lowest BCUT2D eigenvalue weighted by Gasteiger charge is -2.08. The average molecular weight is 411 g/mol. The molecule has 0 aliphatic carbocycles. The molecule has 0 saturated carbocycles. The maximum atomic E-state index is 11.9. The van der Waals surface area contributed by atoms with Gasteiger partial charge in [0, 0.05) is 21.1 Å². The summed E-state index contributed by atoms with van der Waals surface area (Å²) in [5.74, 6) is -0.0194. The Morgan fingerprint density at radius 3 is 2.82 bits per heavy atom. The number of carbonyl (C=O) groups is 1. The van der Waals surface area contributed by atoms with E-state index in [9.17, 15) is 4.79 Å². The van der Waals surface area contributed by atoms with Crippen molar-refractivity contribution in [2.45, 2.75) is 13.3 Å². The van der Waals surface area contributed by atoms with Crippen molar-refractivity contribution in [3.05, 3.63) is 31.8 Å². The van der Waals surface area contributed by atoms with Crippen LogP contribution in [0.25, 0.3) is 0 Å². The molecule has 3 nitrogen and oxygen atoms in total. The van der Waals surface area contributed by atoms with Crippen LogP contribution in [0.3, 0.4) is 0 Å². The lowest BCUT2D eigenvalue weighted by molar-refractivity contribution is 0.0953. The molecule has 0 aromatic heterocycles. The SMILES string of the molecule is CCCNCCNC(=O)c1cc(Br)ccc1I. The topological polar surface area (TPSA) is 41.1 Å². The van der Waals surface area contributed by atoms with E-state index in [2.05, 4.69) is 56.1 Å². The summed E-state index contributed by atoms with van der Waals surface area (Å²) >= 11 is 5.54. The molecule has 0 atom stereocenters. The van der Waals surface area contributed by atoms with Gasteiger partial charge in [-0.25, -0.2) is 0 Å². The number of hydrogen-bond donors (Lipinski definition) is 2. The molecular formula is C12H16BrIN2O. The third-order valence-corrected chi connectivity index (χ3v) is 3.62. The zero-order valence-corrected chi connectivity index (χ0v) is 13.5. The molecular weight excluding hydrogens is 395 g/mol. The lowest BCUT2D eigenvalue weighted by Crippen LogP contribution is -2.32. The van der Waals surface area contributed by atoms with Gasteiger partial charge in [0.25, 0.3) is 5.91 Å². The molecule has 0 saturated heterocycles. The van der Waals surface area contributed by atoms with Crippen molar-refractivity contribution in [2.75, 3.05) is 19.6 Å². The van der Waals surface area contributed by atoms with Crippen LogP contribution in [0.5, 0.6) is 0 Å². The van der Waals surface area contributed by atoms with Crippen molar-refractivity contribution in [3.63, 3.8) is 0 Å². The second-order valence-electron chi connectivity index (χ2n) is 3.63. The first-order valence-electron chi connectivity index (χ1n) is 5.59. The molecule has 0 unspecified atom stereocenters. The molecule has 17 heavy (non-hydrogen) atoms. The smallest absolute Gasteiger partial charge is 0.252 e. The fourth-order valence-corrected chi connectivity index (χ4v) is 2.27.